The van der Waals surface area contributed by atoms with Crippen molar-refractivity contribution in [2.75, 3.05) is 6.54 Å². The van der Waals surface area contributed by atoms with Crippen molar-refractivity contribution in [2.24, 2.45) is 17.4 Å². The van der Waals surface area contributed by atoms with Gasteiger partial charge in [0.2, 0.25) is 11.8 Å². The van der Waals surface area contributed by atoms with Gasteiger partial charge in [-0.15, -0.1) is 0 Å². The van der Waals surface area contributed by atoms with E-state index < -0.39 is 24.1 Å². The van der Waals surface area contributed by atoms with Crippen molar-refractivity contribution in [3.63, 3.8) is 0 Å². The van der Waals surface area contributed by atoms with E-state index in [1.54, 1.807) is 0 Å². The third kappa shape index (κ3) is 2.51. The first-order chi connectivity index (χ1) is 7.34. The number of nitrogens with zero attached hydrogens (tertiary/aromatic N) is 1. The number of aliphatic hydroxyl groups excluding tert-OH is 1. The van der Waals surface area contributed by atoms with Crippen LogP contribution >= 0.6 is 0 Å². The minimum absolute atomic E-state index is 0.0150. The molecule has 1 heterocycles. The summed E-state index contributed by atoms with van der Waals surface area (Å²) < 4.78 is 0. The number of aliphatic hydroxyl groups is 1. The largest absolute Gasteiger partial charge is 0.391 e. The zero-order chi connectivity index (χ0) is 12.5. The monoisotopic (exact) mass is 229 g/mol. The highest BCUT2D eigenvalue weighted by Crippen LogP contribution is 2.19. The Morgan fingerprint density at radius 3 is 2.44 bits per heavy atom. The van der Waals surface area contributed by atoms with Crippen molar-refractivity contribution in [3.05, 3.63) is 0 Å². The highest BCUT2D eigenvalue weighted by molar-refractivity contribution is 5.89. The van der Waals surface area contributed by atoms with Crippen LogP contribution in [0, 0.1) is 5.92 Å². The van der Waals surface area contributed by atoms with Crippen LogP contribution in [-0.2, 0) is 9.59 Å². The van der Waals surface area contributed by atoms with E-state index in [0.717, 1.165) is 0 Å². The van der Waals surface area contributed by atoms with Gasteiger partial charge in [0.05, 0.1) is 12.1 Å². The van der Waals surface area contributed by atoms with Crippen LogP contribution in [0.25, 0.3) is 0 Å². The number of hydrogen-bond donors (Lipinski definition) is 3. The summed E-state index contributed by atoms with van der Waals surface area (Å²) in [5, 5.41) is 9.45. The number of likely N-dealkylation sites (tertiary alicyclic amines) is 1. The van der Waals surface area contributed by atoms with E-state index in [9.17, 15) is 14.7 Å². The van der Waals surface area contributed by atoms with E-state index in [-0.39, 0.29) is 24.8 Å². The van der Waals surface area contributed by atoms with Crippen LogP contribution in [0.5, 0.6) is 0 Å². The first-order valence-electron chi connectivity index (χ1n) is 5.38. The van der Waals surface area contributed by atoms with Gasteiger partial charge in [-0.05, 0) is 5.92 Å². The first kappa shape index (κ1) is 12.9. The smallest absolute Gasteiger partial charge is 0.240 e. The molecule has 1 rings (SSSR count). The molecule has 0 bridgehead atoms. The second-order valence-electron chi connectivity index (χ2n) is 4.57. The molecular weight excluding hydrogens is 210 g/mol. The minimum atomic E-state index is -0.729. The molecule has 1 aliphatic heterocycles. The molecule has 16 heavy (non-hydrogen) atoms. The summed E-state index contributed by atoms with van der Waals surface area (Å²) in [5.74, 6) is -0.935. The number of nitrogens with two attached hydrogens (primary N) is 2. The maximum atomic E-state index is 11.9. The molecule has 3 atom stereocenters. The van der Waals surface area contributed by atoms with Crippen molar-refractivity contribution < 1.29 is 14.7 Å². The maximum Gasteiger partial charge on any atom is 0.240 e. The summed E-state index contributed by atoms with van der Waals surface area (Å²) in [4.78, 5) is 24.3. The summed E-state index contributed by atoms with van der Waals surface area (Å²) in [6.45, 7) is 3.79. The lowest BCUT2D eigenvalue weighted by atomic mass is 10.0. The molecule has 0 aromatic carbocycles. The SMILES string of the molecule is CC(C)[C@@H](N)C(=O)N1CC(O)CC1C(N)=O. The van der Waals surface area contributed by atoms with Gasteiger partial charge in [0.1, 0.15) is 6.04 Å². The van der Waals surface area contributed by atoms with E-state index in [2.05, 4.69) is 0 Å². The lowest BCUT2D eigenvalue weighted by Gasteiger charge is -2.26. The quantitative estimate of drug-likeness (QED) is 0.542. The highest BCUT2D eigenvalue weighted by Gasteiger charge is 2.39. The molecule has 1 aliphatic rings. The Labute approximate surface area is 94.6 Å². The third-order valence-corrected chi connectivity index (χ3v) is 2.89. The van der Waals surface area contributed by atoms with Crippen LogP contribution in [0.2, 0.25) is 0 Å². The molecule has 6 heteroatoms. The Balaban J connectivity index is 2.78. The number of rotatable bonds is 3. The van der Waals surface area contributed by atoms with Gasteiger partial charge in [-0.2, -0.15) is 0 Å². The van der Waals surface area contributed by atoms with Crippen molar-refractivity contribution in [1.29, 1.82) is 0 Å². The summed E-state index contributed by atoms with van der Waals surface area (Å²) in [7, 11) is 0. The van der Waals surface area contributed by atoms with Crippen LogP contribution in [0.3, 0.4) is 0 Å². The van der Waals surface area contributed by atoms with Crippen LogP contribution in [-0.4, -0.2) is 46.6 Å². The molecule has 5 N–H and O–H groups in total. The Morgan fingerprint density at radius 2 is 2.00 bits per heavy atom. The molecule has 2 amide bonds. The zero-order valence-corrected chi connectivity index (χ0v) is 9.59. The average molecular weight is 229 g/mol. The Morgan fingerprint density at radius 1 is 1.44 bits per heavy atom. The molecular formula is C10H19N3O3. The second kappa shape index (κ2) is 4.80. The molecule has 1 fully saturated rings. The minimum Gasteiger partial charge on any atom is -0.391 e. The molecule has 0 aromatic rings. The van der Waals surface area contributed by atoms with Gasteiger partial charge in [-0.3, -0.25) is 9.59 Å². The van der Waals surface area contributed by atoms with Crippen molar-refractivity contribution >= 4 is 11.8 Å². The molecule has 6 nitrogen and oxygen atoms in total. The number of primary amides is 1. The number of carbonyl (C=O) groups is 2. The van der Waals surface area contributed by atoms with Crippen molar-refractivity contribution in [1.82, 2.24) is 4.90 Å². The zero-order valence-electron chi connectivity index (χ0n) is 9.59. The van der Waals surface area contributed by atoms with Gasteiger partial charge >= 0.3 is 0 Å². The normalized spacial score (nSPS) is 27.2. The van der Waals surface area contributed by atoms with Crippen molar-refractivity contribution in [3.8, 4) is 0 Å². The first-order valence-corrected chi connectivity index (χ1v) is 5.38. The van der Waals surface area contributed by atoms with Gasteiger partial charge < -0.3 is 21.5 Å². The van der Waals surface area contributed by atoms with E-state index in [1.165, 1.54) is 4.90 Å². The van der Waals surface area contributed by atoms with Gasteiger partial charge in [-0.25, -0.2) is 0 Å². The van der Waals surface area contributed by atoms with E-state index in [1.807, 2.05) is 13.8 Å². The molecule has 0 aliphatic carbocycles. The standard InChI is InChI=1S/C10H19N3O3/c1-5(2)8(11)10(16)13-4-6(14)3-7(13)9(12)15/h5-8,14H,3-4,11H2,1-2H3,(H2,12,15)/t6?,7?,8-/m1/s1. The molecule has 0 spiro atoms. The van der Waals surface area contributed by atoms with Gasteiger partial charge in [0.15, 0.2) is 0 Å². The maximum absolute atomic E-state index is 11.9. The summed E-state index contributed by atoms with van der Waals surface area (Å²) in [6, 6.07) is -1.39. The molecule has 0 aromatic heterocycles. The van der Waals surface area contributed by atoms with Gasteiger partial charge in [-0.1, -0.05) is 13.8 Å². The van der Waals surface area contributed by atoms with E-state index >= 15 is 0 Å². The fraction of sp³-hybridized carbons (Fsp3) is 0.800. The van der Waals surface area contributed by atoms with Crippen LogP contribution in [0.4, 0.5) is 0 Å². The summed E-state index contributed by atoms with van der Waals surface area (Å²) >= 11 is 0. The molecule has 92 valence electrons. The summed E-state index contributed by atoms with van der Waals surface area (Å²) in [5.41, 5.74) is 10.9. The van der Waals surface area contributed by atoms with Crippen LogP contribution in [0.15, 0.2) is 0 Å². The number of β-amino-alcohol motifs (C(OH)–C–C–N with tert-alkyl or cyclic N) is 1. The predicted molar refractivity (Wildman–Crippen MR) is 58.1 cm³/mol. The van der Waals surface area contributed by atoms with Crippen LogP contribution in [0.1, 0.15) is 20.3 Å². The van der Waals surface area contributed by atoms with E-state index in [4.69, 9.17) is 11.5 Å². The number of hydrogen-bond acceptors (Lipinski definition) is 4. The number of carbonyl (C=O) groups excluding carboxylic acids is 2. The van der Waals surface area contributed by atoms with Crippen LogP contribution < -0.4 is 11.5 Å². The van der Waals surface area contributed by atoms with Gasteiger partial charge in [0, 0.05) is 13.0 Å². The lowest BCUT2D eigenvalue weighted by Crippen LogP contribution is -2.51. The second-order valence-corrected chi connectivity index (χ2v) is 4.57. The lowest BCUT2D eigenvalue weighted by molar-refractivity contribution is -0.139. The highest BCUT2D eigenvalue weighted by atomic mass is 16.3. The fourth-order valence-corrected chi connectivity index (χ4v) is 1.80. The van der Waals surface area contributed by atoms with Gasteiger partial charge in [0.25, 0.3) is 0 Å². The van der Waals surface area contributed by atoms with Crippen molar-refractivity contribution in [2.45, 2.75) is 38.5 Å². The third-order valence-electron chi connectivity index (χ3n) is 2.89. The topological polar surface area (TPSA) is 110 Å². The molecule has 1 saturated heterocycles. The predicted octanol–water partition coefficient (Wildman–Crippen LogP) is -1.58. The molecule has 0 saturated carbocycles. The van der Waals surface area contributed by atoms with E-state index in [0.29, 0.717) is 0 Å². The molecule has 2 unspecified atom stereocenters. The summed E-state index contributed by atoms with van der Waals surface area (Å²) in [6.07, 6.45) is -0.493. The average Bonchev–Trinajstić information content (AvgIpc) is 2.58. The Kier molecular flexibility index (Phi) is 3.88. The fourth-order valence-electron chi connectivity index (χ4n) is 1.80. The number of amides is 2. The Bertz CT molecular complexity index is 293. The Hall–Kier alpha value is -1.14. The molecule has 0 radical (unpaired) electrons.